The molecule has 0 aromatic heterocycles. The van der Waals surface area contributed by atoms with Crippen LogP contribution in [-0.2, 0) is 22.9 Å². The fraction of sp³-hybridized carbons (Fsp3) is 0.381. The smallest absolute Gasteiger partial charge is 0.253 e. The summed E-state index contributed by atoms with van der Waals surface area (Å²) in [5.41, 5.74) is 3.07. The van der Waals surface area contributed by atoms with Crippen LogP contribution in [0.25, 0.3) is 0 Å². The van der Waals surface area contributed by atoms with E-state index in [1.807, 2.05) is 42.7 Å². The molecule has 0 bridgehead atoms. The summed E-state index contributed by atoms with van der Waals surface area (Å²) in [7, 11) is -3.51. The summed E-state index contributed by atoms with van der Waals surface area (Å²) in [4.78, 5) is 15.9. The van der Waals surface area contributed by atoms with Crippen molar-refractivity contribution >= 4 is 27.7 Å². The number of aryl methyl sites for hydroxylation is 2. The second-order valence-corrected chi connectivity index (χ2v) is 10.0. The zero-order valence-corrected chi connectivity index (χ0v) is 17.6. The summed E-state index contributed by atoms with van der Waals surface area (Å²) in [6, 6.07) is 13.1. The fourth-order valence-electron chi connectivity index (χ4n) is 3.91. The number of nitrogens with zero attached hydrogens (tertiary/aromatic N) is 2. The predicted molar refractivity (Wildman–Crippen MR) is 111 cm³/mol. The summed E-state index contributed by atoms with van der Waals surface area (Å²) in [6.45, 7) is 1.47. The number of rotatable bonds is 4. The van der Waals surface area contributed by atoms with Crippen molar-refractivity contribution < 1.29 is 13.2 Å². The van der Waals surface area contributed by atoms with Crippen LogP contribution in [0.4, 0.5) is 0 Å². The van der Waals surface area contributed by atoms with E-state index in [4.69, 9.17) is 0 Å². The Morgan fingerprint density at radius 1 is 0.929 bits per heavy atom. The molecule has 0 saturated carbocycles. The Hall–Kier alpha value is -1.83. The van der Waals surface area contributed by atoms with Gasteiger partial charge in [0.2, 0.25) is 10.0 Å². The molecule has 1 aliphatic heterocycles. The number of piperazine rings is 1. The lowest BCUT2D eigenvalue weighted by atomic mass is 10.1. The van der Waals surface area contributed by atoms with Gasteiger partial charge < -0.3 is 4.90 Å². The SMILES string of the molecule is CSc1ccc(C(=O)N2CCN(S(=O)(=O)c3ccc4c(c3)CCC4)CC2)cc1. The van der Waals surface area contributed by atoms with Gasteiger partial charge in [-0.2, -0.15) is 4.31 Å². The Morgan fingerprint density at radius 2 is 1.61 bits per heavy atom. The molecule has 5 nitrogen and oxygen atoms in total. The molecule has 7 heteroatoms. The zero-order chi connectivity index (χ0) is 19.7. The van der Waals surface area contributed by atoms with Gasteiger partial charge >= 0.3 is 0 Å². The number of hydrogen-bond acceptors (Lipinski definition) is 4. The standard InChI is InChI=1S/C21H24N2O3S2/c1-27-19-8-5-17(6-9-19)21(24)22-11-13-23(14-12-22)28(25,26)20-10-7-16-3-2-4-18(16)15-20/h5-10,15H,2-4,11-14H2,1H3. The molecule has 1 fully saturated rings. The number of benzene rings is 2. The Bertz CT molecular complexity index is 979. The monoisotopic (exact) mass is 416 g/mol. The van der Waals surface area contributed by atoms with Crippen LogP contribution in [0, 0.1) is 0 Å². The molecule has 2 aromatic rings. The highest BCUT2D eigenvalue weighted by atomic mass is 32.2. The van der Waals surface area contributed by atoms with Gasteiger partial charge in [-0.3, -0.25) is 4.79 Å². The highest BCUT2D eigenvalue weighted by molar-refractivity contribution is 7.98. The fourth-order valence-corrected chi connectivity index (χ4v) is 5.79. The molecule has 1 aliphatic carbocycles. The lowest BCUT2D eigenvalue weighted by Gasteiger charge is -2.34. The van der Waals surface area contributed by atoms with Gasteiger partial charge in [-0.05, 0) is 73.0 Å². The molecule has 1 saturated heterocycles. The Morgan fingerprint density at radius 3 is 2.29 bits per heavy atom. The average Bonchev–Trinajstić information content (AvgIpc) is 3.21. The molecular formula is C21H24N2O3S2. The van der Waals surface area contributed by atoms with E-state index in [0.717, 1.165) is 29.7 Å². The van der Waals surface area contributed by atoms with Crippen LogP contribution in [0.3, 0.4) is 0 Å². The third-order valence-corrected chi connectivity index (χ3v) is 8.21. The van der Waals surface area contributed by atoms with Crippen LogP contribution in [0.15, 0.2) is 52.3 Å². The van der Waals surface area contributed by atoms with Crippen molar-refractivity contribution in [3.05, 3.63) is 59.2 Å². The van der Waals surface area contributed by atoms with E-state index in [1.54, 1.807) is 22.7 Å². The van der Waals surface area contributed by atoms with Gasteiger partial charge in [0.15, 0.2) is 0 Å². The van der Waals surface area contributed by atoms with Gasteiger partial charge in [0.25, 0.3) is 5.91 Å². The van der Waals surface area contributed by atoms with Crippen molar-refractivity contribution in [2.24, 2.45) is 0 Å². The van der Waals surface area contributed by atoms with E-state index in [0.29, 0.717) is 36.6 Å². The first-order chi connectivity index (χ1) is 13.5. The maximum atomic E-state index is 13.0. The van der Waals surface area contributed by atoms with Crippen LogP contribution >= 0.6 is 11.8 Å². The third-order valence-electron chi connectivity index (χ3n) is 5.57. The highest BCUT2D eigenvalue weighted by Crippen LogP contribution is 2.27. The molecule has 0 N–H and O–H groups in total. The van der Waals surface area contributed by atoms with Crippen molar-refractivity contribution in [2.75, 3.05) is 32.4 Å². The van der Waals surface area contributed by atoms with Crippen molar-refractivity contribution in [3.63, 3.8) is 0 Å². The maximum Gasteiger partial charge on any atom is 0.253 e. The second-order valence-electron chi connectivity index (χ2n) is 7.21. The van der Waals surface area contributed by atoms with Gasteiger partial charge in [-0.15, -0.1) is 11.8 Å². The largest absolute Gasteiger partial charge is 0.336 e. The van der Waals surface area contributed by atoms with Crippen LogP contribution < -0.4 is 0 Å². The summed E-state index contributed by atoms with van der Waals surface area (Å²) in [5.74, 6) is -0.0396. The molecule has 0 radical (unpaired) electrons. The normalized spacial score (nSPS) is 17.5. The van der Waals surface area contributed by atoms with Gasteiger partial charge in [-0.1, -0.05) is 6.07 Å². The first-order valence-electron chi connectivity index (χ1n) is 9.54. The molecule has 0 unspecified atom stereocenters. The summed E-state index contributed by atoms with van der Waals surface area (Å²) in [5, 5.41) is 0. The molecule has 0 atom stereocenters. The van der Waals surface area contributed by atoms with Gasteiger partial charge in [0, 0.05) is 36.6 Å². The van der Waals surface area contributed by atoms with E-state index < -0.39 is 10.0 Å². The summed E-state index contributed by atoms with van der Waals surface area (Å²) >= 11 is 1.63. The number of carbonyl (C=O) groups is 1. The first-order valence-corrected chi connectivity index (χ1v) is 12.2. The summed E-state index contributed by atoms with van der Waals surface area (Å²) in [6.07, 6.45) is 5.08. The number of fused-ring (bicyclic) bond motifs is 1. The zero-order valence-electron chi connectivity index (χ0n) is 15.9. The minimum atomic E-state index is -3.51. The molecular weight excluding hydrogens is 392 g/mol. The molecule has 28 heavy (non-hydrogen) atoms. The number of amides is 1. The molecule has 2 aromatic carbocycles. The van der Waals surface area contributed by atoms with Crippen LogP contribution in [0.1, 0.15) is 27.9 Å². The van der Waals surface area contributed by atoms with Crippen molar-refractivity contribution in [3.8, 4) is 0 Å². The molecule has 2 aliphatic rings. The topological polar surface area (TPSA) is 57.7 Å². The van der Waals surface area contributed by atoms with E-state index in [9.17, 15) is 13.2 Å². The van der Waals surface area contributed by atoms with Crippen LogP contribution in [0.5, 0.6) is 0 Å². The van der Waals surface area contributed by atoms with Crippen molar-refractivity contribution in [1.82, 2.24) is 9.21 Å². The Balaban J connectivity index is 1.43. The van der Waals surface area contributed by atoms with Crippen molar-refractivity contribution in [2.45, 2.75) is 29.1 Å². The summed E-state index contributed by atoms with van der Waals surface area (Å²) < 4.78 is 27.6. The maximum absolute atomic E-state index is 13.0. The van der Waals surface area contributed by atoms with E-state index in [2.05, 4.69) is 0 Å². The first kappa shape index (κ1) is 19.5. The van der Waals surface area contributed by atoms with E-state index >= 15 is 0 Å². The van der Waals surface area contributed by atoms with E-state index in [-0.39, 0.29) is 5.91 Å². The lowest BCUT2D eigenvalue weighted by molar-refractivity contribution is 0.0698. The minimum Gasteiger partial charge on any atom is -0.336 e. The Labute approximate surface area is 170 Å². The third kappa shape index (κ3) is 3.71. The second kappa shape index (κ2) is 7.89. The number of carbonyl (C=O) groups excluding carboxylic acids is 1. The van der Waals surface area contributed by atoms with Gasteiger partial charge in [-0.25, -0.2) is 8.42 Å². The lowest BCUT2D eigenvalue weighted by Crippen LogP contribution is -2.50. The number of hydrogen-bond donors (Lipinski definition) is 0. The van der Waals surface area contributed by atoms with Crippen LogP contribution in [-0.4, -0.2) is 56.0 Å². The van der Waals surface area contributed by atoms with E-state index in [1.165, 1.54) is 9.87 Å². The quantitative estimate of drug-likeness (QED) is 0.719. The Kier molecular flexibility index (Phi) is 5.49. The molecule has 4 rings (SSSR count). The molecule has 1 heterocycles. The highest BCUT2D eigenvalue weighted by Gasteiger charge is 2.31. The number of thioether (sulfide) groups is 1. The molecule has 1 amide bonds. The average molecular weight is 417 g/mol. The predicted octanol–water partition coefficient (Wildman–Crippen LogP) is 3.04. The van der Waals surface area contributed by atoms with Gasteiger partial charge in [0.1, 0.15) is 0 Å². The minimum absolute atomic E-state index is 0.0396. The van der Waals surface area contributed by atoms with Crippen LogP contribution in [0.2, 0.25) is 0 Å². The van der Waals surface area contributed by atoms with Crippen molar-refractivity contribution in [1.29, 1.82) is 0 Å². The molecule has 0 spiro atoms. The number of sulfonamides is 1. The van der Waals surface area contributed by atoms with Gasteiger partial charge in [0.05, 0.1) is 4.90 Å². The molecule has 148 valence electrons.